The Bertz CT molecular complexity index is 959. The number of amides is 1. The zero-order valence-electron chi connectivity index (χ0n) is 22.8. The van der Waals surface area contributed by atoms with Crippen LogP contribution in [0, 0.1) is 0 Å². The Morgan fingerprint density at radius 3 is 1.69 bits per heavy atom. The Balaban J connectivity index is 3.92. The van der Waals surface area contributed by atoms with Crippen LogP contribution in [0.3, 0.4) is 0 Å². The van der Waals surface area contributed by atoms with Gasteiger partial charge in [-0.1, -0.05) is 0 Å². The lowest BCUT2D eigenvalue weighted by atomic mass is 9.90. The van der Waals surface area contributed by atoms with Gasteiger partial charge in [0.25, 0.3) is 0 Å². The second-order valence-electron chi connectivity index (χ2n) is 8.30. The molecule has 222 valence electrons. The standard InChI is InChI=1S/C22H34NO15P/c1-10(24)23-17-19(18(35-13(4)27)16(34-12(3)26)9-33-11(2)25)38-22(39(30,31-7)32-8)21(37-15(6)29)20(17)36-14(5)28/h16-22H,9H2,1-8H3,(H,23,24)/t16-,17+,18-,19-,20-,21+,22-/m1/s1. The number of nitrogens with one attached hydrogen (secondary N) is 1. The van der Waals surface area contributed by atoms with E-state index < -0.39 is 92.4 Å². The van der Waals surface area contributed by atoms with E-state index in [1.54, 1.807) is 0 Å². The van der Waals surface area contributed by atoms with Crippen molar-refractivity contribution in [1.82, 2.24) is 5.32 Å². The van der Waals surface area contributed by atoms with Crippen LogP contribution >= 0.6 is 7.60 Å². The van der Waals surface area contributed by atoms with E-state index in [0.29, 0.717) is 0 Å². The minimum absolute atomic E-state index is 0.637. The summed E-state index contributed by atoms with van der Waals surface area (Å²) < 4.78 is 56.0. The molecule has 17 heteroatoms. The monoisotopic (exact) mass is 583 g/mol. The Hall–Kier alpha value is -3.07. The molecule has 1 aliphatic heterocycles. The second kappa shape index (κ2) is 14.9. The Morgan fingerprint density at radius 2 is 1.28 bits per heavy atom. The molecular weight excluding hydrogens is 549 g/mol. The van der Waals surface area contributed by atoms with Crippen molar-refractivity contribution >= 4 is 43.3 Å². The molecule has 0 aromatic carbocycles. The summed E-state index contributed by atoms with van der Waals surface area (Å²) in [7, 11) is -2.32. The molecule has 0 unspecified atom stereocenters. The summed E-state index contributed by atoms with van der Waals surface area (Å²) >= 11 is 0. The number of hydrogen-bond donors (Lipinski definition) is 1. The van der Waals surface area contributed by atoms with E-state index >= 15 is 0 Å². The van der Waals surface area contributed by atoms with Crippen LogP contribution in [0.5, 0.6) is 0 Å². The molecule has 1 N–H and O–H groups in total. The fraction of sp³-hybridized carbons (Fsp3) is 0.727. The van der Waals surface area contributed by atoms with Gasteiger partial charge in [-0.2, -0.15) is 0 Å². The predicted octanol–water partition coefficient (Wildman–Crippen LogP) is -0.00820. The van der Waals surface area contributed by atoms with E-state index in [0.717, 1.165) is 55.8 Å². The van der Waals surface area contributed by atoms with E-state index in [-0.39, 0.29) is 0 Å². The predicted molar refractivity (Wildman–Crippen MR) is 127 cm³/mol. The summed E-state index contributed by atoms with van der Waals surface area (Å²) in [6.07, 6.45) is -8.16. The van der Waals surface area contributed by atoms with E-state index in [1.807, 2.05) is 0 Å². The molecule has 0 spiro atoms. The zero-order valence-corrected chi connectivity index (χ0v) is 23.7. The van der Waals surface area contributed by atoms with Crippen molar-refractivity contribution in [1.29, 1.82) is 0 Å². The lowest BCUT2D eigenvalue weighted by molar-refractivity contribution is -0.232. The number of carbonyl (C=O) groups excluding carboxylic acids is 6. The highest BCUT2D eigenvalue weighted by Gasteiger charge is 2.60. The molecule has 16 nitrogen and oxygen atoms in total. The van der Waals surface area contributed by atoms with Gasteiger partial charge in [0.05, 0.1) is 6.04 Å². The summed E-state index contributed by atoms with van der Waals surface area (Å²) in [4.78, 5) is 71.9. The topological polar surface area (TPSA) is 205 Å². The molecule has 1 fully saturated rings. The van der Waals surface area contributed by atoms with Crippen LogP contribution in [-0.4, -0.2) is 99.0 Å². The van der Waals surface area contributed by atoms with Crippen LogP contribution < -0.4 is 5.32 Å². The summed E-state index contributed by atoms with van der Waals surface area (Å²) in [5.41, 5.74) is 0. The van der Waals surface area contributed by atoms with Gasteiger partial charge in [0.15, 0.2) is 30.3 Å². The molecule has 0 radical (unpaired) electrons. The third kappa shape index (κ3) is 9.88. The lowest BCUT2D eigenvalue weighted by Gasteiger charge is -2.48. The molecule has 1 amide bonds. The highest BCUT2D eigenvalue weighted by molar-refractivity contribution is 7.54. The van der Waals surface area contributed by atoms with Crippen molar-refractivity contribution in [3.05, 3.63) is 0 Å². The number of esters is 5. The van der Waals surface area contributed by atoms with Crippen LogP contribution in [0.25, 0.3) is 0 Å². The third-order valence-corrected chi connectivity index (χ3v) is 7.22. The molecule has 0 saturated carbocycles. The molecule has 0 bridgehead atoms. The van der Waals surface area contributed by atoms with Crippen molar-refractivity contribution in [3.8, 4) is 0 Å². The summed E-state index contributed by atoms with van der Waals surface area (Å²) in [6.45, 7) is 5.63. The zero-order chi connectivity index (χ0) is 30.1. The van der Waals surface area contributed by atoms with Crippen LogP contribution in [0.2, 0.25) is 0 Å². The SMILES string of the molecule is COP(=O)(OC)[C@H]1O[C@@H]([C@H](OC(C)=O)[C@@H](COC(C)=O)OC(C)=O)[C@H](NC(C)=O)[C@@H](OC(C)=O)[C@@H]1OC(C)=O. The molecule has 1 aliphatic rings. The normalized spacial score (nSPS) is 24.4. The number of rotatable bonds is 12. The van der Waals surface area contributed by atoms with Crippen LogP contribution in [-0.2, 0) is 70.8 Å². The van der Waals surface area contributed by atoms with Crippen molar-refractivity contribution < 1.29 is 70.8 Å². The first-order chi connectivity index (χ1) is 18.1. The molecule has 39 heavy (non-hydrogen) atoms. The van der Waals surface area contributed by atoms with Crippen LogP contribution in [0.15, 0.2) is 0 Å². The van der Waals surface area contributed by atoms with Crippen molar-refractivity contribution in [2.24, 2.45) is 0 Å². The maximum Gasteiger partial charge on any atom is 0.362 e. The fourth-order valence-corrected chi connectivity index (χ4v) is 5.34. The van der Waals surface area contributed by atoms with Gasteiger partial charge in [-0.05, 0) is 0 Å². The number of ether oxygens (including phenoxy) is 6. The fourth-order valence-electron chi connectivity index (χ4n) is 3.90. The molecule has 0 aliphatic carbocycles. The quantitative estimate of drug-likeness (QED) is 0.182. The molecule has 7 atom stereocenters. The van der Waals surface area contributed by atoms with Gasteiger partial charge in [-0.25, -0.2) is 0 Å². The van der Waals surface area contributed by atoms with Crippen molar-refractivity contribution in [3.63, 3.8) is 0 Å². The van der Waals surface area contributed by atoms with Crippen molar-refractivity contribution in [2.45, 2.75) is 83.9 Å². The average Bonchev–Trinajstić information content (AvgIpc) is 2.80. The van der Waals surface area contributed by atoms with Gasteiger partial charge in [-0.3, -0.25) is 33.3 Å². The van der Waals surface area contributed by atoms with E-state index in [1.165, 1.54) is 0 Å². The first-order valence-electron chi connectivity index (χ1n) is 11.5. The Morgan fingerprint density at radius 1 is 0.769 bits per heavy atom. The van der Waals surface area contributed by atoms with Gasteiger partial charge in [0.1, 0.15) is 12.7 Å². The molecule has 1 saturated heterocycles. The minimum Gasteiger partial charge on any atom is -0.462 e. The van der Waals surface area contributed by atoms with Crippen LogP contribution in [0.4, 0.5) is 0 Å². The smallest absolute Gasteiger partial charge is 0.362 e. The number of carbonyl (C=O) groups is 6. The second-order valence-corrected chi connectivity index (χ2v) is 10.6. The highest BCUT2D eigenvalue weighted by Crippen LogP contribution is 2.56. The average molecular weight is 583 g/mol. The molecule has 0 aromatic rings. The van der Waals surface area contributed by atoms with Crippen molar-refractivity contribution in [2.75, 3.05) is 20.8 Å². The molecule has 0 aromatic heterocycles. The van der Waals surface area contributed by atoms with Gasteiger partial charge in [-0.15, -0.1) is 0 Å². The van der Waals surface area contributed by atoms with Crippen LogP contribution in [0.1, 0.15) is 41.5 Å². The minimum atomic E-state index is -4.35. The number of hydrogen-bond acceptors (Lipinski definition) is 15. The van der Waals surface area contributed by atoms with E-state index in [2.05, 4.69) is 5.32 Å². The molecule has 1 rings (SSSR count). The highest BCUT2D eigenvalue weighted by atomic mass is 31.2. The molecular formula is C22H34NO15P. The maximum absolute atomic E-state index is 13.6. The van der Waals surface area contributed by atoms with E-state index in [9.17, 15) is 33.3 Å². The molecule has 1 heterocycles. The van der Waals surface area contributed by atoms with Gasteiger partial charge in [0.2, 0.25) is 5.91 Å². The summed E-state index contributed by atoms with van der Waals surface area (Å²) in [5.74, 6) is -6.90. The van der Waals surface area contributed by atoms with Gasteiger partial charge in [0, 0.05) is 55.8 Å². The Labute approximate surface area is 224 Å². The van der Waals surface area contributed by atoms with Gasteiger partial charge < -0.3 is 42.8 Å². The largest absolute Gasteiger partial charge is 0.462 e. The third-order valence-electron chi connectivity index (χ3n) is 5.16. The lowest BCUT2D eigenvalue weighted by Crippen LogP contribution is -2.69. The van der Waals surface area contributed by atoms with E-state index in [4.69, 9.17) is 37.5 Å². The first-order valence-corrected chi connectivity index (χ1v) is 13.1. The van der Waals surface area contributed by atoms with Gasteiger partial charge >= 0.3 is 37.4 Å². The Kier molecular flexibility index (Phi) is 13.0. The maximum atomic E-state index is 13.6. The first kappa shape index (κ1) is 34.0. The summed E-state index contributed by atoms with van der Waals surface area (Å²) in [6, 6.07) is -1.48. The summed E-state index contributed by atoms with van der Waals surface area (Å²) in [5, 5.41) is 2.48.